The number of amidine groups is 4. The van der Waals surface area contributed by atoms with Crippen molar-refractivity contribution in [1.29, 1.82) is 0 Å². The summed E-state index contributed by atoms with van der Waals surface area (Å²) >= 11 is 8.26. The zero-order valence-corrected chi connectivity index (χ0v) is 53.3. The number of hydrogen-bond donors (Lipinski definition) is 8. The lowest BCUT2D eigenvalue weighted by Crippen LogP contribution is -2.61. The van der Waals surface area contributed by atoms with Crippen molar-refractivity contribution >= 4 is 67.7 Å². The molecule has 5 saturated heterocycles. The molecule has 8 N–H and O–H groups in total. The highest BCUT2D eigenvalue weighted by atomic mass is 32.2. The van der Waals surface area contributed by atoms with Gasteiger partial charge < -0.3 is 0 Å². The second-order valence-corrected chi connectivity index (χ2v) is 30.7. The quantitative estimate of drug-likeness (QED) is 0.103. The maximum Gasteiger partial charge on any atom is 0.307 e. The van der Waals surface area contributed by atoms with Crippen LogP contribution in [0.15, 0.2) is 0 Å². The van der Waals surface area contributed by atoms with E-state index >= 15 is 0 Å². The summed E-state index contributed by atoms with van der Waals surface area (Å²) in [7, 11) is 35.2. The van der Waals surface area contributed by atoms with Crippen molar-refractivity contribution in [3.8, 4) is 0 Å². The monoisotopic (exact) mass is 1130 g/mol. The highest BCUT2D eigenvalue weighted by Gasteiger charge is 2.56. The first kappa shape index (κ1) is 59.6. The third-order valence-corrected chi connectivity index (χ3v) is 25.9. The molecule has 4 aliphatic carbocycles. The predicted molar refractivity (Wildman–Crippen MR) is 326 cm³/mol. The van der Waals surface area contributed by atoms with E-state index in [1.54, 1.807) is 0 Å². The van der Waals surface area contributed by atoms with Crippen LogP contribution in [0.3, 0.4) is 0 Å². The number of thioether (sulfide) groups is 4. The van der Waals surface area contributed by atoms with Crippen molar-refractivity contribution in [2.45, 2.75) is 126 Å². The van der Waals surface area contributed by atoms with Crippen LogP contribution in [-0.4, -0.2) is 244 Å². The van der Waals surface area contributed by atoms with Gasteiger partial charge in [0.05, 0.1) is 162 Å². The van der Waals surface area contributed by atoms with Gasteiger partial charge >= 0.3 is 20.7 Å². The van der Waals surface area contributed by atoms with Gasteiger partial charge in [-0.1, -0.05) is 0 Å². The van der Waals surface area contributed by atoms with Gasteiger partial charge in [0.1, 0.15) is 0 Å². The molecule has 9 rings (SSSR count). The maximum atomic E-state index is 4.53. The van der Waals surface area contributed by atoms with Crippen molar-refractivity contribution in [3.05, 3.63) is 0 Å². The van der Waals surface area contributed by atoms with E-state index in [4.69, 9.17) is 0 Å². The molecule has 20 atom stereocenters. The molecule has 0 aromatic rings. The second-order valence-electron chi connectivity index (χ2n) is 26.7. The molecule has 9 aliphatic rings. The highest BCUT2D eigenvalue weighted by molar-refractivity contribution is 8.14. The number of nitrogens with zero attached hydrogens (tertiary/aromatic N) is 8. The molecule has 16 nitrogen and oxygen atoms in total. The average molecular weight is 1130 g/mol. The van der Waals surface area contributed by atoms with Crippen molar-refractivity contribution < 1.29 is 18.3 Å². The van der Waals surface area contributed by atoms with Gasteiger partial charge in [0.15, 0.2) is 0 Å². The number of rotatable bonds is 8. The van der Waals surface area contributed by atoms with E-state index in [9.17, 15) is 0 Å². The summed E-state index contributed by atoms with van der Waals surface area (Å²) in [6.45, 7) is 0. The Hall–Kier alpha value is -1.04. The largest absolute Gasteiger partial charge is 0.307 e. The third-order valence-electron chi connectivity index (χ3n) is 19.4. The number of nitrogens with one attached hydrogen (secondary N) is 8. The molecular formula is C56H108N16S4+4. The van der Waals surface area contributed by atoms with Gasteiger partial charge in [0.25, 0.3) is 0 Å². The maximum absolute atomic E-state index is 4.53. The Morgan fingerprint density at radius 2 is 0.461 bits per heavy atom. The van der Waals surface area contributed by atoms with E-state index in [1.165, 1.54) is 121 Å². The molecule has 0 spiro atoms. The van der Waals surface area contributed by atoms with Crippen LogP contribution >= 0.6 is 47.0 Å². The zero-order chi connectivity index (χ0) is 54.3. The van der Waals surface area contributed by atoms with Gasteiger partial charge in [0, 0.05) is 23.0 Å². The SMILES string of the molecule is CN(C)C(SCC1CCC2C3NC4NC(NC5NC(NC6NC(NC(N3)C2C1)C1CCC(CSC(N(C)C)=[N+](C)C)CC61)C1CC(CSC(N(C)C)=[N+](C)C)CCC51)C1CC(CSC(N(C)C)=[N+](C)C)CCC41)=[N+](C)C. The van der Waals surface area contributed by atoms with Crippen LogP contribution in [0.2, 0.25) is 0 Å². The first-order chi connectivity index (χ1) is 36.2. The minimum absolute atomic E-state index is 0.247. The molecule has 9 fully saturated rings. The van der Waals surface area contributed by atoms with Gasteiger partial charge in [-0.05, 0) is 195 Å². The van der Waals surface area contributed by atoms with E-state index in [0.29, 0.717) is 71.0 Å². The Morgan fingerprint density at radius 1 is 0.289 bits per heavy atom. The summed E-state index contributed by atoms with van der Waals surface area (Å²) in [6.07, 6.45) is 17.5. The first-order valence-corrected chi connectivity index (χ1v) is 33.6. The smallest absolute Gasteiger partial charge is 0.286 e. The second kappa shape index (κ2) is 26.0. The molecule has 4 saturated carbocycles. The van der Waals surface area contributed by atoms with Crippen LogP contribution in [0, 0.1) is 71.0 Å². The molecular weight excluding hydrogens is 1020 g/mol. The van der Waals surface area contributed by atoms with Crippen LogP contribution in [0.1, 0.15) is 77.0 Å². The fourth-order valence-electron chi connectivity index (χ4n) is 16.4. The standard InChI is InChI=1S/C56H108N16S4/c1-65(2)53(66(3)4)73-29-33-17-21-37-41(25-33)49-58-45(37)57-46-38-22-18-34(30-74-54(67(5)6)68(7)8)26-42(38)50(59-46)61-48-40-24-20-36(32-76-56(71(13)14)72(15)16)28-44(40)52(63-48)64-51-43-27-35(19-23-39(43)47(60-49)62-51)31-75-55(69(9)10)70(11)12/h33-52,57-64H,17-32H2,1-16H3/q+4. The van der Waals surface area contributed by atoms with Crippen molar-refractivity contribution in [2.75, 3.05) is 136 Å². The fraction of sp³-hybridized carbons (Fsp3) is 0.929. The van der Waals surface area contributed by atoms with Gasteiger partial charge in [0.2, 0.25) is 0 Å². The molecule has 76 heavy (non-hydrogen) atoms. The third kappa shape index (κ3) is 13.6. The Bertz CT molecular complexity index is 1940. The molecule has 5 aliphatic heterocycles. The lowest BCUT2D eigenvalue weighted by molar-refractivity contribution is -0.466. The lowest BCUT2D eigenvalue weighted by Gasteiger charge is -2.39. The molecule has 5 heterocycles. The molecule has 0 aromatic carbocycles. The Balaban J connectivity index is 1.02. The minimum Gasteiger partial charge on any atom is -0.286 e. The summed E-state index contributed by atoms with van der Waals surface area (Å²) in [5, 5.41) is 41.1. The summed E-state index contributed by atoms with van der Waals surface area (Å²) in [6, 6.07) is 0. The Labute approximate surface area is 478 Å². The van der Waals surface area contributed by atoms with E-state index in [2.05, 4.69) is 240 Å². The van der Waals surface area contributed by atoms with Gasteiger partial charge in [-0.3, -0.25) is 80.4 Å². The normalized spacial score (nSPS) is 39.5. The van der Waals surface area contributed by atoms with E-state index in [-0.39, 0.29) is 49.3 Å². The summed E-state index contributed by atoms with van der Waals surface area (Å²) in [5.41, 5.74) is 0. The topological polar surface area (TPSA) is 121 Å². The van der Waals surface area contributed by atoms with Crippen LogP contribution < -0.4 is 42.5 Å². The molecule has 0 radical (unpaired) electrons. The predicted octanol–water partition coefficient (Wildman–Crippen LogP) is 3.20. The fourth-order valence-corrected chi connectivity index (χ4v) is 21.2. The molecule has 20 heteroatoms. The van der Waals surface area contributed by atoms with Crippen LogP contribution in [-0.2, 0) is 0 Å². The van der Waals surface area contributed by atoms with Crippen LogP contribution in [0.5, 0.6) is 0 Å². The lowest BCUT2D eigenvalue weighted by atomic mass is 9.72. The van der Waals surface area contributed by atoms with E-state index in [0.717, 1.165) is 0 Å². The molecule has 0 aromatic heterocycles. The van der Waals surface area contributed by atoms with Gasteiger partial charge in [-0.15, -0.1) is 0 Å². The summed E-state index contributed by atoms with van der Waals surface area (Å²) < 4.78 is 9.21. The van der Waals surface area contributed by atoms with Crippen molar-refractivity contribution in [3.63, 3.8) is 0 Å². The minimum atomic E-state index is 0.247. The van der Waals surface area contributed by atoms with Crippen LogP contribution in [0.25, 0.3) is 0 Å². The van der Waals surface area contributed by atoms with E-state index in [1.807, 2.05) is 0 Å². The van der Waals surface area contributed by atoms with Crippen molar-refractivity contribution in [2.24, 2.45) is 71.0 Å². The average Bonchev–Trinajstić information content (AvgIpc) is 4.08. The van der Waals surface area contributed by atoms with Crippen molar-refractivity contribution in [1.82, 2.24) is 62.1 Å². The van der Waals surface area contributed by atoms with Gasteiger partial charge in [-0.25, -0.2) is 0 Å². The van der Waals surface area contributed by atoms with Gasteiger partial charge in [-0.2, -0.15) is 0 Å². The van der Waals surface area contributed by atoms with Crippen LogP contribution in [0.4, 0.5) is 0 Å². The summed E-state index contributed by atoms with van der Waals surface area (Å²) in [4.78, 5) is 9.21. The number of hydrogen-bond acceptors (Lipinski definition) is 12. The highest BCUT2D eigenvalue weighted by Crippen LogP contribution is 2.49. The Kier molecular flexibility index (Phi) is 20.4. The Morgan fingerprint density at radius 3 is 0.618 bits per heavy atom. The number of fused-ring (bicyclic) bond motifs is 20. The summed E-state index contributed by atoms with van der Waals surface area (Å²) in [5.74, 6) is 12.2. The molecule has 0 amide bonds. The zero-order valence-electron chi connectivity index (χ0n) is 50.1. The molecule has 20 unspecified atom stereocenters. The molecule has 8 bridgehead atoms. The molecule has 432 valence electrons. The van der Waals surface area contributed by atoms with E-state index < -0.39 is 0 Å². The first-order valence-electron chi connectivity index (χ1n) is 29.7.